The Morgan fingerprint density at radius 3 is 2.47 bits per heavy atom. The predicted octanol–water partition coefficient (Wildman–Crippen LogP) is 3.06. The first kappa shape index (κ1) is 14.0. The quantitative estimate of drug-likeness (QED) is 0.908. The average molecular weight is 321 g/mol. The van der Waals surface area contributed by atoms with Gasteiger partial charge in [-0.3, -0.25) is 0 Å². The van der Waals surface area contributed by atoms with Crippen molar-refractivity contribution >= 4 is 21.7 Å². The minimum atomic E-state index is -0.191. The molecule has 0 amide bonds. The van der Waals surface area contributed by atoms with Crippen LogP contribution in [-0.4, -0.2) is 22.3 Å². The van der Waals surface area contributed by atoms with E-state index in [0.717, 1.165) is 21.5 Å². The van der Waals surface area contributed by atoms with Gasteiger partial charge in [0.05, 0.1) is 5.69 Å². The van der Waals surface area contributed by atoms with E-state index in [2.05, 4.69) is 31.4 Å². The van der Waals surface area contributed by atoms with E-state index in [-0.39, 0.29) is 5.54 Å². The van der Waals surface area contributed by atoms with E-state index in [1.54, 1.807) is 0 Å². The Morgan fingerprint density at radius 2 is 1.89 bits per heavy atom. The van der Waals surface area contributed by atoms with Crippen LogP contribution >= 0.6 is 15.9 Å². The smallest absolute Gasteiger partial charge is 0.149 e. The third kappa shape index (κ3) is 3.52. The molecule has 2 rings (SSSR count). The molecule has 3 N–H and O–H groups in total. The number of nitrogens with one attached hydrogen (secondary N) is 1. The lowest BCUT2D eigenvalue weighted by Gasteiger charge is -2.24. The zero-order chi connectivity index (χ0) is 13.9. The second kappa shape index (κ2) is 5.67. The van der Waals surface area contributed by atoms with Gasteiger partial charge in [-0.25, -0.2) is 0 Å². The summed E-state index contributed by atoms with van der Waals surface area (Å²) < 4.78 is 1.01. The first-order valence-electron chi connectivity index (χ1n) is 6.09. The van der Waals surface area contributed by atoms with Gasteiger partial charge >= 0.3 is 0 Å². The van der Waals surface area contributed by atoms with Crippen LogP contribution in [0.2, 0.25) is 0 Å². The average Bonchev–Trinajstić information content (AvgIpc) is 2.40. The Kier molecular flexibility index (Phi) is 4.17. The van der Waals surface area contributed by atoms with Gasteiger partial charge < -0.3 is 11.1 Å². The molecular weight excluding hydrogens is 304 g/mol. The molecule has 0 radical (unpaired) electrons. The van der Waals surface area contributed by atoms with Crippen LogP contribution in [-0.2, 0) is 0 Å². The zero-order valence-electron chi connectivity index (χ0n) is 11.0. The third-order valence-corrected chi connectivity index (χ3v) is 3.48. The van der Waals surface area contributed by atoms with Crippen molar-refractivity contribution in [2.75, 3.05) is 11.9 Å². The lowest BCUT2D eigenvalue weighted by Crippen LogP contribution is -2.39. The fraction of sp³-hybridized carbons (Fsp3) is 0.286. The van der Waals surface area contributed by atoms with Crippen molar-refractivity contribution in [2.24, 2.45) is 5.73 Å². The summed E-state index contributed by atoms with van der Waals surface area (Å²) in [6.07, 6.45) is 0. The largest absolute Gasteiger partial charge is 0.362 e. The van der Waals surface area contributed by atoms with Gasteiger partial charge in [0.15, 0.2) is 0 Å². The van der Waals surface area contributed by atoms with E-state index in [0.29, 0.717) is 6.54 Å². The molecule has 0 atom stereocenters. The molecule has 0 aliphatic rings. The molecule has 1 heterocycles. The van der Waals surface area contributed by atoms with Crippen molar-refractivity contribution in [1.29, 1.82) is 0 Å². The number of anilines is 1. The lowest BCUT2D eigenvalue weighted by molar-refractivity contribution is 0.576. The maximum atomic E-state index is 5.68. The van der Waals surface area contributed by atoms with E-state index >= 15 is 0 Å². The molecule has 1 aromatic carbocycles. The molecular formula is C14H17BrN4. The SMILES string of the molecule is CC(C)(CN)Nc1ccc(-c2ccccc2Br)nn1. The normalized spacial score (nSPS) is 11.4. The van der Waals surface area contributed by atoms with Gasteiger partial charge in [0.2, 0.25) is 0 Å². The molecule has 0 spiro atoms. The summed E-state index contributed by atoms with van der Waals surface area (Å²) in [6.45, 7) is 4.58. The molecule has 4 nitrogen and oxygen atoms in total. The number of aromatic nitrogens is 2. The lowest BCUT2D eigenvalue weighted by atomic mass is 10.1. The second-order valence-corrected chi connectivity index (χ2v) is 5.85. The van der Waals surface area contributed by atoms with Crippen molar-refractivity contribution in [3.63, 3.8) is 0 Å². The van der Waals surface area contributed by atoms with Crippen molar-refractivity contribution in [3.8, 4) is 11.3 Å². The van der Waals surface area contributed by atoms with Crippen LogP contribution in [0.5, 0.6) is 0 Å². The molecule has 100 valence electrons. The molecule has 0 fully saturated rings. The highest BCUT2D eigenvalue weighted by atomic mass is 79.9. The van der Waals surface area contributed by atoms with Gasteiger partial charge in [-0.05, 0) is 32.0 Å². The maximum Gasteiger partial charge on any atom is 0.149 e. The van der Waals surface area contributed by atoms with Crippen molar-refractivity contribution < 1.29 is 0 Å². The molecule has 2 aromatic rings. The molecule has 1 aromatic heterocycles. The van der Waals surface area contributed by atoms with Crippen molar-refractivity contribution in [3.05, 3.63) is 40.9 Å². The van der Waals surface area contributed by atoms with E-state index in [4.69, 9.17) is 5.73 Å². The summed E-state index contributed by atoms with van der Waals surface area (Å²) in [7, 11) is 0. The molecule has 0 bridgehead atoms. The summed E-state index contributed by atoms with van der Waals surface area (Å²) in [6, 6.07) is 11.8. The Morgan fingerprint density at radius 1 is 1.16 bits per heavy atom. The van der Waals surface area contributed by atoms with E-state index < -0.39 is 0 Å². The number of hydrogen-bond donors (Lipinski definition) is 2. The van der Waals surface area contributed by atoms with Crippen LogP contribution in [0, 0.1) is 0 Å². The van der Waals surface area contributed by atoms with Gasteiger partial charge in [0.25, 0.3) is 0 Å². The number of nitrogens with zero attached hydrogens (tertiary/aromatic N) is 2. The van der Waals surface area contributed by atoms with E-state index in [9.17, 15) is 0 Å². The molecule has 0 saturated heterocycles. The molecule has 19 heavy (non-hydrogen) atoms. The van der Waals surface area contributed by atoms with Gasteiger partial charge in [0, 0.05) is 22.1 Å². The zero-order valence-corrected chi connectivity index (χ0v) is 12.6. The fourth-order valence-electron chi connectivity index (χ4n) is 1.61. The van der Waals surface area contributed by atoms with Gasteiger partial charge in [-0.2, -0.15) is 0 Å². The van der Waals surface area contributed by atoms with E-state index in [1.807, 2.05) is 50.2 Å². The number of hydrogen-bond acceptors (Lipinski definition) is 4. The first-order chi connectivity index (χ1) is 9.02. The predicted molar refractivity (Wildman–Crippen MR) is 81.9 cm³/mol. The number of benzene rings is 1. The van der Waals surface area contributed by atoms with Gasteiger partial charge in [-0.15, -0.1) is 10.2 Å². The summed E-state index contributed by atoms with van der Waals surface area (Å²) in [4.78, 5) is 0. The Labute approximate surface area is 121 Å². The number of rotatable bonds is 4. The minimum Gasteiger partial charge on any atom is -0.362 e. The molecule has 0 unspecified atom stereocenters. The van der Waals surface area contributed by atoms with Crippen LogP contribution in [0.4, 0.5) is 5.82 Å². The topological polar surface area (TPSA) is 63.8 Å². The Bertz CT molecular complexity index is 552. The van der Waals surface area contributed by atoms with Crippen LogP contribution in [0.3, 0.4) is 0 Å². The fourth-order valence-corrected chi connectivity index (χ4v) is 2.10. The highest BCUT2D eigenvalue weighted by molar-refractivity contribution is 9.10. The van der Waals surface area contributed by atoms with Gasteiger partial charge in [0.1, 0.15) is 5.82 Å². The molecule has 0 aliphatic heterocycles. The van der Waals surface area contributed by atoms with Crippen LogP contribution < -0.4 is 11.1 Å². The highest BCUT2D eigenvalue weighted by Crippen LogP contribution is 2.26. The summed E-state index contributed by atoms with van der Waals surface area (Å²) in [5.74, 6) is 0.728. The maximum absolute atomic E-state index is 5.68. The Balaban J connectivity index is 2.22. The van der Waals surface area contributed by atoms with Gasteiger partial charge in [-0.1, -0.05) is 34.1 Å². The first-order valence-corrected chi connectivity index (χ1v) is 6.88. The Hall–Kier alpha value is -1.46. The summed E-state index contributed by atoms with van der Waals surface area (Å²) in [5.41, 5.74) is 7.35. The monoisotopic (exact) mass is 320 g/mol. The summed E-state index contributed by atoms with van der Waals surface area (Å²) >= 11 is 3.51. The minimum absolute atomic E-state index is 0.191. The van der Waals surface area contributed by atoms with Crippen LogP contribution in [0.25, 0.3) is 11.3 Å². The second-order valence-electron chi connectivity index (χ2n) is 5.00. The summed E-state index contributed by atoms with van der Waals surface area (Å²) in [5, 5.41) is 11.7. The van der Waals surface area contributed by atoms with Crippen molar-refractivity contribution in [1.82, 2.24) is 10.2 Å². The van der Waals surface area contributed by atoms with Crippen molar-refractivity contribution in [2.45, 2.75) is 19.4 Å². The molecule has 0 aliphatic carbocycles. The molecule has 5 heteroatoms. The highest BCUT2D eigenvalue weighted by Gasteiger charge is 2.15. The standard InChI is InChI=1S/C14H17BrN4/c1-14(2,9-16)17-13-8-7-12(18-19-13)10-5-3-4-6-11(10)15/h3-8H,9,16H2,1-2H3,(H,17,19). The third-order valence-electron chi connectivity index (χ3n) is 2.79. The van der Waals surface area contributed by atoms with E-state index in [1.165, 1.54) is 0 Å². The van der Waals surface area contributed by atoms with Crippen LogP contribution in [0.15, 0.2) is 40.9 Å². The number of halogens is 1. The van der Waals surface area contributed by atoms with Crippen LogP contribution in [0.1, 0.15) is 13.8 Å². The number of nitrogens with two attached hydrogens (primary N) is 1. The molecule has 0 saturated carbocycles.